The molecule has 4 heteroatoms. The Kier molecular flexibility index (Phi) is 3.31. The predicted molar refractivity (Wildman–Crippen MR) is 51.5 cm³/mol. The maximum atomic E-state index is 11.2. The number of allylic oxidation sites excluding steroid dienone is 4. The normalized spacial score (nSPS) is 26.7. The first-order chi connectivity index (χ1) is 5.96. The third-order valence-electron chi connectivity index (χ3n) is 2.05. The van der Waals surface area contributed by atoms with Gasteiger partial charge >= 0.3 is 93.5 Å². The summed E-state index contributed by atoms with van der Waals surface area (Å²) in [7, 11) is 0. The van der Waals surface area contributed by atoms with Gasteiger partial charge in [0.05, 0.1) is 0 Å². The zero-order chi connectivity index (χ0) is 10.1. The van der Waals surface area contributed by atoms with Crippen molar-refractivity contribution in [1.29, 1.82) is 0 Å². The maximum absolute atomic E-state index is 11.2. The van der Waals surface area contributed by atoms with Gasteiger partial charge in [-0.3, -0.25) is 0 Å². The van der Waals surface area contributed by atoms with Crippen molar-refractivity contribution in [2.45, 2.75) is 13.3 Å². The zero-order valence-electron chi connectivity index (χ0n) is 7.07. The van der Waals surface area contributed by atoms with E-state index in [1.165, 1.54) is 0 Å². The number of carbonyl (C=O) groups is 2. The first kappa shape index (κ1) is 10.9. The van der Waals surface area contributed by atoms with E-state index in [1.54, 1.807) is 12.2 Å². The number of hydrogen-bond donors (Lipinski definition) is 0. The minimum atomic E-state index is -0.552. The van der Waals surface area contributed by atoms with Crippen LogP contribution in [-0.4, -0.2) is 41.4 Å². The average Bonchev–Trinajstić information content (AvgIpc) is 2.04. The first-order valence-electron chi connectivity index (χ1n) is 3.77. The van der Waals surface area contributed by atoms with Crippen LogP contribution in [0, 0.1) is 5.41 Å². The van der Waals surface area contributed by atoms with Crippen LogP contribution in [0.1, 0.15) is 13.3 Å². The summed E-state index contributed by atoms with van der Waals surface area (Å²) in [5, 5.41) is 0. The van der Waals surface area contributed by atoms with Gasteiger partial charge < -0.3 is 0 Å². The molecule has 0 aliphatic heterocycles. The van der Waals surface area contributed by atoms with Crippen LogP contribution in [0.5, 0.6) is 0 Å². The van der Waals surface area contributed by atoms with E-state index in [9.17, 15) is 9.59 Å². The Morgan fingerprint density at radius 2 is 2.08 bits per heavy atom. The molecule has 0 aromatic carbocycles. The molecule has 1 rings (SSSR count). The summed E-state index contributed by atoms with van der Waals surface area (Å²) < 4.78 is -0.118. The third kappa shape index (κ3) is 2.41. The van der Waals surface area contributed by atoms with Gasteiger partial charge in [-0.25, -0.2) is 0 Å². The van der Waals surface area contributed by atoms with Crippen LogP contribution in [0.25, 0.3) is 0 Å². The van der Waals surface area contributed by atoms with Gasteiger partial charge in [-0.2, -0.15) is 0 Å². The van der Waals surface area contributed by atoms with E-state index in [0.717, 1.165) is 0 Å². The number of rotatable bonds is 2. The van der Waals surface area contributed by atoms with Gasteiger partial charge in [-0.05, 0) is 0 Å². The van der Waals surface area contributed by atoms with Gasteiger partial charge in [0.1, 0.15) is 0 Å². The molecular weight excluding hydrogens is 298 g/mol. The van der Waals surface area contributed by atoms with Crippen LogP contribution in [0.2, 0.25) is 0 Å². The van der Waals surface area contributed by atoms with E-state index < -0.39 is 5.41 Å². The molecule has 1 aliphatic carbocycles. The van der Waals surface area contributed by atoms with E-state index in [-0.39, 0.29) is 9.36 Å². The molecule has 0 fully saturated rings. The van der Waals surface area contributed by atoms with Crippen molar-refractivity contribution in [2.24, 2.45) is 5.41 Å². The van der Waals surface area contributed by atoms with Crippen LogP contribution in [0.3, 0.4) is 0 Å². The monoisotopic (exact) mass is 308 g/mol. The fraction of sp³-hybridized carbons (Fsp3) is 0.333. The molecule has 0 spiro atoms. The molecule has 1 atom stereocenters. The van der Waals surface area contributed by atoms with Gasteiger partial charge in [0.2, 0.25) is 0 Å². The van der Waals surface area contributed by atoms with Gasteiger partial charge in [0, 0.05) is 0 Å². The molecule has 70 valence electrons. The fourth-order valence-electron chi connectivity index (χ4n) is 1.17. The van der Waals surface area contributed by atoms with Crippen molar-refractivity contribution in [3.63, 3.8) is 0 Å². The second-order valence-electron chi connectivity index (χ2n) is 3.22. The Labute approximate surface area is 93.5 Å². The van der Waals surface area contributed by atoms with E-state index >= 15 is 0 Å². The first-order valence-corrected chi connectivity index (χ1v) is 5.48. The second-order valence-corrected chi connectivity index (χ2v) is 4.78. The number of carbonyl (C=O) groups excluding carboxylic acids is 2. The molecule has 1 aliphatic rings. The topological polar surface area (TPSA) is 34.1 Å². The molecule has 0 bridgehead atoms. The van der Waals surface area contributed by atoms with Gasteiger partial charge in [-0.15, -0.1) is 0 Å². The fourth-order valence-corrected chi connectivity index (χ4v) is 1.76. The van der Waals surface area contributed by atoms with Crippen LogP contribution < -0.4 is 0 Å². The standard InChI is InChI=1S/C9H10O2Se2/c1-9(8(11)13)4-2-3-6(5-9)7(10)12/h2-4H,5H2,1H3,(H,10,12)(H,11,13)/p-2. The summed E-state index contributed by atoms with van der Waals surface area (Å²) in [5.74, 6) is 0. The summed E-state index contributed by atoms with van der Waals surface area (Å²) in [6.45, 7) is 1.82. The Morgan fingerprint density at radius 3 is 2.54 bits per heavy atom. The van der Waals surface area contributed by atoms with Crippen molar-refractivity contribution in [3.8, 4) is 0 Å². The molecule has 0 saturated heterocycles. The average molecular weight is 306 g/mol. The summed E-state index contributed by atoms with van der Waals surface area (Å²) in [4.78, 5) is 22.3. The molecule has 2 nitrogen and oxygen atoms in total. The van der Waals surface area contributed by atoms with Crippen molar-refractivity contribution in [2.75, 3.05) is 0 Å². The van der Waals surface area contributed by atoms with Crippen molar-refractivity contribution in [1.82, 2.24) is 0 Å². The molecule has 0 amide bonds. The van der Waals surface area contributed by atoms with E-state index in [0.29, 0.717) is 12.0 Å². The molecule has 13 heavy (non-hydrogen) atoms. The van der Waals surface area contributed by atoms with Crippen molar-refractivity contribution in [3.05, 3.63) is 23.8 Å². The van der Waals surface area contributed by atoms with Crippen LogP contribution in [0.4, 0.5) is 0 Å². The van der Waals surface area contributed by atoms with Crippen molar-refractivity contribution < 1.29 is 9.59 Å². The molecule has 0 radical (unpaired) electrons. The molecular formula is C9H8O2Se2-2. The summed E-state index contributed by atoms with van der Waals surface area (Å²) in [6, 6.07) is 0. The Hall–Kier alpha value is -0.141. The van der Waals surface area contributed by atoms with Crippen molar-refractivity contribution >= 4 is 41.4 Å². The summed E-state index contributed by atoms with van der Waals surface area (Å²) >= 11 is 4.89. The van der Waals surface area contributed by atoms with Gasteiger partial charge in [0.15, 0.2) is 0 Å². The molecule has 0 N–H and O–H groups in total. The molecule has 0 heterocycles. The Balaban J connectivity index is 2.92. The molecule has 0 aromatic heterocycles. The Morgan fingerprint density at radius 1 is 1.46 bits per heavy atom. The van der Waals surface area contributed by atoms with Crippen LogP contribution >= 0.6 is 0 Å². The second kappa shape index (κ2) is 3.93. The Bertz CT molecular complexity index is 318. The van der Waals surface area contributed by atoms with Crippen LogP contribution in [-0.2, 0) is 9.59 Å². The van der Waals surface area contributed by atoms with E-state index in [4.69, 9.17) is 0 Å². The van der Waals surface area contributed by atoms with E-state index in [1.807, 2.05) is 13.0 Å². The molecule has 1 unspecified atom stereocenters. The van der Waals surface area contributed by atoms with Crippen LogP contribution in [0.15, 0.2) is 23.8 Å². The molecule has 0 aromatic rings. The number of hydrogen-bond acceptors (Lipinski definition) is 2. The molecule has 0 saturated carbocycles. The zero-order valence-corrected chi connectivity index (χ0v) is 10.5. The van der Waals surface area contributed by atoms with Gasteiger partial charge in [0.25, 0.3) is 0 Å². The van der Waals surface area contributed by atoms with Gasteiger partial charge in [-0.1, -0.05) is 0 Å². The summed E-state index contributed by atoms with van der Waals surface area (Å²) in [5.41, 5.74) is 0.109. The third-order valence-corrected chi connectivity index (χ3v) is 3.58. The minimum absolute atomic E-state index is 0.0319. The quantitative estimate of drug-likeness (QED) is 0.686. The van der Waals surface area contributed by atoms with E-state index in [2.05, 4.69) is 32.0 Å². The predicted octanol–water partition coefficient (Wildman–Crippen LogP) is 0.269. The SMILES string of the molecule is CC1(C(=O)[Se-])C=CC=C(C(=O)[Se-])C1. The summed E-state index contributed by atoms with van der Waals surface area (Å²) in [6.07, 6.45) is 5.78.